The van der Waals surface area contributed by atoms with Gasteiger partial charge in [-0.2, -0.15) is 0 Å². The minimum Gasteiger partial charge on any atom is -0.480 e. The van der Waals surface area contributed by atoms with Crippen LogP contribution in [0, 0.1) is 0 Å². The Morgan fingerprint density at radius 1 is 1.38 bits per heavy atom. The number of carbonyl (C=O) groups excluding carboxylic acids is 1. The Kier molecular flexibility index (Phi) is 5.33. The van der Waals surface area contributed by atoms with Crippen LogP contribution in [0.3, 0.4) is 0 Å². The second-order valence-electron chi connectivity index (χ2n) is 5.61. The molecule has 5 heteroatoms. The largest absolute Gasteiger partial charge is 0.480 e. The Bertz CT molecular complexity index is 490. The van der Waals surface area contributed by atoms with Crippen molar-refractivity contribution in [2.45, 2.75) is 38.3 Å². The Morgan fingerprint density at radius 2 is 2.10 bits per heavy atom. The molecule has 114 valence electrons. The van der Waals surface area contributed by atoms with Crippen LogP contribution in [0.15, 0.2) is 30.3 Å². The summed E-state index contributed by atoms with van der Waals surface area (Å²) in [5, 5.41) is 11.9. The topological polar surface area (TPSA) is 69.6 Å². The lowest BCUT2D eigenvalue weighted by Gasteiger charge is -2.22. The number of likely N-dealkylation sites (tertiary alicyclic amines) is 1. The highest BCUT2D eigenvalue weighted by atomic mass is 16.4. The molecule has 1 aromatic carbocycles. The highest BCUT2D eigenvalue weighted by molar-refractivity contribution is 5.84. The smallest absolute Gasteiger partial charge is 0.326 e. The minimum atomic E-state index is -0.998. The second-order valence-corrected chi connectivity index (χ2v) is 5.61. The van der Waals surface area contributed by atoms with Crippen LogP contribution in [0.25, 0.3) is 0 Å². The van der Waals surface area contributed by atoms with Crippen LogP contribution in [0.1, 0.15) is 25.3 Å². The zero-order valence-electron chi connectivity index (χ0n) is 12.3. The van der Waals surface area contributed by atoms with Gasteiger partial charge in [-0.1, -0.05) is 30.3 Å². The first-order chi connectivity index (χ1) is 10.1. The van der Waals surface area contributed by atoms with Gasteiger partial charge in [-0.15, -0.1) is 0 Å². The highest BCUT2D eigenvalue weighted by Gasteiger charge is 2.25. The Labute approximate surface area is 125 Å². The molecule has 0 saturated carbocycles. The summed E-state index contributed by atoms with van der Waals surface area (Å²) in [7, 11) is 0. The Balaban J connectivity index is 1.90. The summed E-state index contributed by atoms with van der Waals surface area (Å²) in [6, 6.07) is 8.86. The first-order valence-electron chi connectivity index (χ1n) is 7.36. The van der Waals surface area contributed by atoms with Gasteiger partial charge in [0.05, 0.1) is 6.54 Å². The number of carbonyl (C=O) groups is 2. The molecule has 0 spiro atoms. The van der Waals surface area contributed by atoms with Crippen molar-refractivity contribution in [3.05, 3.63) is 35.9 Å². The van der Waals surface area contributed by atoms with Gasteiger partial charge in [-0.05, 0) is 31.9 Å². The molecule has 1 saturated heterocycles. The van der Waals surface area contributed by atoms with Crippen molar-refractivity contribution in [3.8, 4) is 0 Å². The van der Waals surface area contributed by atoms with Crippen LogP contribution in [0.2, 0.25) is 0 Å². The zero-order valence-corrected chi connectivity index (χ0v) is 12.3. The van der Waals surface area contributed by atoms with Gasteiger partial charge >= 0.3 is 5.97 Å². The number of nitrogens with one attached hydrogen (secondary N) is 1. The molecule has 1 aliphatic heterocycles. The lowest BCUT2D eigenvalue weighted by molar-refractivity contribution is -0.142. The minimum absolute atomic E-state index is 0.216. The summed E-state index contributed by atoms with van der Waals surface area (Å²) in [6.07, 6.45) is 2.50. The number of nitrogens with zero attached hydrogens (tertiary/aromatic N) is 1. The fourth-order valence-electron chi connectivity index (χ4n) is 2.70. The van der Waals surface area contributed by atoms with Crippen molar-refractivity contribution in [2.75, 3.05) is 13.1 Å². The number of carboxylic acids is 1. The Morgan fingerprint density at radius 3 is 2.67 bits per heavy atom. The van der Waals surface area contributed by atoms with Crippen molar-refractivity contribution >= 4 is 11.9 Å². The molecule has 1 heterocycles. The molecule has 0 radical (unpaired) electrons. The molecule has 2 atom stereocenters. The SMILES string of the molecule is C[C@H]1CCCN1CC(=O)N[C@@H](Cc1ccccc1)C(=O)O. The molecule has 0 aromatic heterocycles. The van der Waals surface area contributed by atoms with Gasteiger partial charge < -0.3 is 10.4 Å². The molecule has 1 aliphatic rings. The van der Waals surface area contributed by atoms with Crippen LogP contribution in [0.4, 0.5) is 0 Å². The number of carboxylic acid groups (broad SMARTS) is 1. The number of hydrogen-bond acceptors (Lipinski definition) is 3. The normalized spacial score (nSPS) is 20.1. The van der Waals surface area contributed by atoms with E-state index in [-0.39, 0.29) is 12.5 Å². The molecule has 2 N–H and O–H groups in total. The van der Waals surface area contributed by atoms with Crippen molar-refractivity contribution in [2.24, 2.45) is 0 Å². The Hall–Kier alpha value is -1.88. The van der Waals surface area contributed by atoms with Gasteiger partial charge in [0, 0.05) is 12.5 Å². The van der Waals surface area contributed by atoms with Crippen LogP contribution < -0.4 is 5.32 Å². The molecular formula is C16H22N2O3. The van der Waals surface area contributed by atoms with Crippen molar-refractivity contribution in [1.29, 1.82) is 0 Å². The van der Waals surface area contributed by atoms with Crippen LogP contribution in [-0.2, 0) is 16.0 Å². The maximum atomic E-state index is 12.0. The molecule has 0 aliphatic carbocycles. The van der Waals surface area contributed by atoms with Crippen LogP contribution in [-0.4, -0.2) is 47.1 Å². The number of benzene rings is 1. The fraction of sp³-hybridized carbons (Fsp3) is 0.500. The van der Waals surface area contributed by atoms with Crippen LogP contribution >= 0.6 is 0 Å². The first kappa shape index (κ1) is 15.5. The monoisotopic (exact) mass is 290 g/mol. The average molecular weight is 290 g/mol. The van der Waals surface area contributed by atoms with E-state index in [1.165, 1.54) is 0 Å². The summed E-state index contributed by atoms with van der Waals surface area (Å²) in [6.45, 7) is 3.28. The number of aliphatic carboxylic acids is 1. The molecule has 1 aromatic rings. The molecular weight excluding hydrogens is 268 g/mol. The van der Waals surface area contributed by atoms with Gasteiger partial charge in [-0.3, -0.25) is 9.69 Å². The van der Waals surface area contributed by atoms with Crippen molar-refractivity contribution in [3.63, 3.8) is 0 Å². The van der Waals surface area contributed by atoms with E-state index >= 15 is 0 Å². The molecule has 5 nitrogen and oxygen atoms in total. The molecule has 0 unspecified atom stereocenters. The van der Waals surface area contributed by atoms with E-state index in [9.17, 15) is 14.7 Å². The van der Waals surface area contributed by atoms with E-state index in [0.717, 1.165) is 24.9 Å². The second kappa shape index (κ2) is 7.22. The third-order valence-corrected chi connectivity index (χ3v) is 3.95. The lowest BCUT2D eigenvalue weighted by atomic mass is 10.1. The maximum absolute atomic E-state index is 12.0. The highest BCUT2D eigenvalue weighted by Crippen LogP contribution is 2.15. The fourth-order valence-corrected chi connectivity index (χ4v) is 2.70. The zero-order chi connectivity index (χ0) is 15.2. The van der Waals surface area contributed by atoms with E-state index < -0.39 is 12.0 Å². The summed E-state index contributed by atoms with van der Waals surface area (Å²) in [4.78, 5) is 25.4. The predicted octanol–water partition coefficient (Wildman–Crippen LogP) is 1.28. The van der Waals surface area contributed by atoms with Gasteiger partial charge in [-0.25, -0.2) is 4.79 Å². The molecule has 0 bridgehead atoms. The van der Waals surface area contributed by atoms with Gasteiger partial charge in [0.15, 0.2) is 0 Å². The molecule has 1 fully saturated rings. The van der Waals surface area contributed by atoms with Crippen molar-refractivity contribution in [1.82, 2.24) is 10.2 Å². The third-order valence-electron chi connectivity index (χ3n) is 3.95. The number of amides is 1. The van der Waals surface area contributed by atoms with E-state index in [2.05, 4.69) is 17.1 Å². The molecule has 2 rings (SSSR count). The molecule has 21 heavy (non-hydrogen) atoms. The average Bonchev–Trinajstić information content (AvgIpc) is 2.84. The molecule has 1 amide bonds. The maximum Gasteiger partial charge on any atom is 0.326 e. The van der Waals surface area contributed by atoms with Crippen LogP contribution in [0.5, 0.6) is 0 Å². The van der Waals surface area contributed by atoms with Gasteiger partial charge in [0.25, 0.3) is 0 Å². The quantitative estimate of drug-likeness (QED) is 0.828. The summed E-state index contributed by atoms with van der Waals surface area (Å²) in [5.41, 5.74) is 0.903. The van der Waals surface area contributed by atoms with Crippen molar-refractivity contribution < 1.29 is 14.7 Å². The summed E-state index contributed by atoms with van der Waals surface area (Å²) in [5.74, 6) is -1.21. The lowest BCUT2D eigenvalue weighted by Crippen LogP contribution is -2.47. The van der Waals surface area contributed by atoms with E-state index in [1.54, 1.807) is 0 Å². The predicted molar refractivity (Wildman–Crippen MR) is 80.0 cm³/mol. The van der Waals surface area contributed by atoms with E-state index in [0.29, 0.717) is 12.5 Å². The first-order valence-corrected chi connectivity index (χ1v) is 7.36. The standard InChI is InChI=1S/C16H22N2O3/c1-12-6-5-9-18(12)11-15(19)17-14(16(20)21)10-13-7-3-2-4-8-13/h2-4,7-8,12,14H,5-6,9-11H2,1H3,(H,17,19)(H,20,21)/t12-,14-/m0/s1. The van der Waals surface area contributed by atoms with Gasteiger partial charge in [0.1, 0.15) is 6.04 Å². The summed E-state index contributed by atoms with van der Waals surface area (Å²) < 4.78 is 0. The van der Waals surface area contributed by atoms with Gasteiger partial charge in [0.2, 0.25) is 5.91 Å². The van der Waals surface area contributed by atoms with E-state index in [4.69, 9.17) is 0 Å². The summed E-state index contributed by atoms with van der Waals surface area (Å²) >= 11 is 0. The third kappa shape index (κ3) is 4.56. The number of hydrogen-bond donors (Lipinski definition) is 2. The number of rotatable bonds is 6. The van der Waals surface area contributed by atoms with E-state index in [1.807, 2.05) is 30.3 Å².